The Labute approximate surface area is 139 Å². The van der Waals surface area contributed by atoms with Gasteiger partial charge in [0.15, 0.2) is 0 Å². The maximum absolute atomic E-state index is 12.2. The van der Waals surface area contributed by atoms with E-state index >= 15 is 0 Å². The zero-order valence-corrected chi connectivity index (χ0v) is 13.6. The fraction of sp³-hybridized carbons (Fsp3) is 0.667. The highest BCUT2D eigenvalue weighted by atomic mass is 16.2. The van der Waals surface area contributed by atoms with Gasteiger partial charge in [0.2, 0.25) is 5.95 Å². The van der Waals surface area contributed by atoms with Crippen LogP contribution in [0.15, 0.2) is 12.7 Å². The number of rotatable bonds is 3. The molecule has 1 fully saturated rings. The van der Waals surface area contributed by atoms with Crippen molar-refractivity contribution < 1.29 is 4.79 Å². The lowest BCUT2D eigenvalue weighted by Crippen LogP contribution is -2.43. The van der Waals surface area contributed by atoms with Crippen molar-refractivity contribution in [2.75, 3.05) is 5.32 Å². The minimum Gasteiger partial charge on any atom is -0.333 e. The van der Waals surface area contributed by atoms with Crippen LogP contribution in [0.4, 0.5) is 10.7 Å². The van der Waals surface area contributed by atoms with E-state index in [1.54, 1.807) is 12.7 Å². The maximum Gasteiger partial charge on any atom is 0.321 e. The molecule has 0 spiro atoms. The van der Waals surface area contributed by atoms with Gasteiger partial charge in [0.25, 0.3) is 0 Å². The first-order valence-electron chi connectivity index (χ1n) is 8.63. The molecule has 3 heterocycles. The van der Waals surface area contributed by atoms with Crippen molar-refractivity contribution >= 4 is 12.0 Å². The first-order valence-corrected chi connectivity index (χ1v) is 8.63. The predicted molar refractivity (Wildman–Crippen MR) is 86.4 cm³/mol. The fourth-order valence-electron chi connectivity index (χ4n) is 3.53. The third-order valence-electron chi connectivity index (χ3n) is 4.82. The molecule has 0 aromatic carbocycles. The van der Waals surface area contributed by atoms with Crippen LogP contribution in [-0.2, 0) is 13.0 Å². The molecular weight excluding hydrogens is 308 g/mol. The summed E-state index contributed by atoms with van der Waals surface area (Å²) >= 11 is 0. The van der Waals surface area contributed by atoms with Gasteiger partial charge in [-0.15, -0.1) is 5.10 Å². The van der Waals surface area contributed by atoms with Crippen molar-refractivity contribution in [2.24, 2.45) is 0 Å². The van der Waals surface area contributed by atoms with E-state index in [-0.39, 0.29) is 12.1 Å². The van der Waals surface area contributed by atoms with Gasteiger partial charge in [0.1, 0.15) is 18.5 Å². The van der Waals surface area contributed by atoms with Gasteiger partial charge in [-0.05, 0) is 19.3 Å². The molecule has 0 bridgehead atoms. The number of hydrogen-bond acceptors (Lipinski definition) is 5. The molecule has 1 atom stereocenters. The smallest absolute Gasteiger partial charge is 0.321 e. The Kier molecular flexibility index (Phi) is 4.14. The minimum atomic E-state index is -0.273. The highest BCUT2D eigenvalue weighted by Gasteiger charge is 2.22. The summed E-state index contributed by atoms with van der Waals surface area (Å²) in [6, 6.07) is 0.179. The highest BCUT2D eigenvalue weighted by molar-refractivity contribution is 5.87. The van der Waals surface area contributed by atoms with Gasteiger partial charge in [-0.3, -0.25) is 5.32 Å². The number of carbonyl (C=O) groups is 1. The third-order valence-corrected chi connectivity index (χ3v) is 4.82. The summed E-state index contributed by atoms with van der Waals surface area (Å²) < 4.78 is 3.72. The largest absolute Gasteiger partial charge is 0.333 e. The Morgan fingerprint density at radius 1 is 1.17 bits per heavy atom. The van der Waals surface area contributed by atoms with Crippen LogP contribution < -0.4 is 10.6 Å². The summed E-state index contributed by atoms with van der Waals surface area (Å²) in [4.78, 5) is 20.6. The van der Waals surface area contributed by atoms with Gasteiger partial charge in [-0.1, -0.05) is 19.3 Å². The van der Waals surface area contributed by atoms with Gasteiger partial charge in [-0.2, -0.15) is 5.10 Å². The van der Waals surface area contributed by atoms with E-state index < -0.39 is 0 Å². The normalized spacial score (nSPS) is 21.2. The molecule has 2 N–H and O–H groups in total. The molecule has 1 saturated carbocycles. The number of aryl methyl sites for hydroxylation is 1. The second-order valence-corrected chi connectivity index (χ2v) is 6.53. The Balaban J connectivity index is 1.31. The molecule has 4 rings (SSSR count). The second-order valence-electron chi connectivity index (χ2n) is 6.53. The maximum atomic E-state index is 12.2. The lowest BCUT2D eigenvalue weighted by atomic mass is 9.96. The standard InChI is InChI=1S/C15H22N8O/c24-15(19-11-6-7-13-16-9-18-22(13)8-11)20-14-17-10-23(21-14)12-4-2-1-3-5-12/h9-12H,1-8H2,(H2,19,20,21,24)/t11-/m1/s1. The molecule has 0 unspecified atom stereocenters. The van der Waals surface area contributed by atoms with Crippen LogP contribution in [0.25, 0.3) is 0 Å². The zero-order chi connectivity index (χ0) is 16.4. The second kappa shape index (κ2) is 6.58. The van der Waals surface area contributed by atoms with Crippen LogP contribution in [0, 0.1) is 0 Å². The molecule has 24 heavy (non-hydrogen) atoms. The summed E-state index contributed by atoms with van der Waals surface area (Å²) in [5.41, 5.74) is 0. The first-order chi connectivity index (χ1) is 11.8. The molecule has 2 aromatic rings. The molecule has 0 radical (unpaired) electrons. The Hall–Kier alpha value is -2.45. The van der Waals surface area contributed by atoms with Gasteiger partial charge in [-0.25, -0.2) is 24.1 Å². The number of aromatic nitrogens is 6. The van der Waals surface area contributed by atoms with Crippen LogP contribution in [-0.4, -0.2) is 41.6 Å². The van der Waals surface area contributed by atoms with Gasteiger partial charge in [0, 0.05) is 6.42 Å². The molecule has 0 saturated heterocycles. The molecule has 9 nitrogen and oxygen atoms in total. The van der Waals surface area contributed by atoms with Crippen molar-refractivity contribution in [2.45, 2.75) is 63.6 Å². The van der Waals surface area contributed by atoms with Crippen LogP contribution in [0.5, 0.6) is 0 Å². The summed E-state index contributed by atoms with van der Waals surface area (Å²) in [5.74, 6) is 1.33. The van der Waals surface area contributed by atoms with E-state index in [1.807, 2.05) is 9.36 Å². The number of amides is 2. The molecule has 2 aliphatic rings. The number of nitrogens with one attached hydrogen (secondary N) is 2. The van der Waals surface area contributed by atoms with Gasteiger partial charge >= 0.3 is 6.03 Å². The van der Waals surface area contributed by atoms with Crippen LogP contribution in [0.2, 0.25) is 0 Å². The third kappa shape index (κ3) is 3.24. The van der Waals surface area contributed by atoms with E-state index in [0.717, 1.165) is 31.5 Å². The van der Waals surface area contributed by atoms with Crippen molar-refractivity contribution in [3.63, 3.8) is 0 Å². The van der Waals surface area contributed by atoms with Crippen LogP contribution >= 0.6 is 0 Å². The lowest BCUT2D eigenvalue weighted by molar-refractivity contribution is 0.243. The molecule has 9 heteroatoms. The van der Waals surface area contributed by atoms with Crippen molar-refractivity contribution in [3.05, 3.63) is 18.5 Å². The number of fused-ring (bicyclic) bond motifs is 1. The molecule has 1 aliphatic heterocycles. The number of carbonyl (C=O) groups excluding carboxylic acids is 1. The Morgan fingerprint density at radius 2 is 2.04 bits per heavy atom. The average Bonchev–Trinajstić information content (AvgIpc) is 3.24. The monoisotopic (exact) mass is 330 g/mol. The number of anilines is 1. The van der Waals surface area contributed by atoms with Crippen molar-refractivity contribution in [1.82, 2.24) is 34.8 Å². The van der Waals surface area contributed by atoms with Crippen molar-refractivity contribution in [3.8, 4) is 0 Å². The van der Waals surface area contributed by atoms with Crippen LogP contribution in [0.3, 0.4) is 0 Å². The molecule has 1 aliphatic carbocycles. The Bertz CT molecular complexity index is 702. The molecule has 128 valence electrons. The minimum absolute atomic E-state index is 0.0413. The SMILES string of the molecule is O=C(Nc1ncn(C2CCCCC2)n1)N[C@@H]1CCc2ncnn2C1. The van der Waals surface area contributed by atoms with E-state index in [2.05, 4.69) is 30.8 Å². The summed E-state index contributed by atoms with van der Waals surface area (Å²) in [6.45, 7) is 0.646. The van der Waals surface area contributed by atoms with Gasteiger partial charge < -0.3 is 5.32 Å². The lowest BCUT2D eigenvalue weighted by Gasteiger charge is -2.23. The van der Waals surface area contributed by atoms with E-state index in [9.17, 15) is 4.79 Å². The highest BCUT2D eigenvalue weighted by Crippen LogP contribution is 2.27. The zero-order valence-electron chi connectivity index (χ0n) is 13.6. The van der Waals surface area contributed by atoms with Crippen LogP contribution in [0.1, 0.15) is 50.4 Å². The molecular formula is C15H22N8O. The summed E-state index contributed by atoms with van der Waals surface area (Å²) in [7, 11) is 0. The van der Waals surface area contributed by atoms with E-state index in [4.69, 9.17) is 0 Å². The van der Waals surface area contributed by atoms with E-state index in [1.165, 1.54) is 19.3 Å². The summed E-state index contributed by atoms with van der Waals surface area (Å²) in [6.07, 6.45) is 11.0. The summed E-state index contributed by atoms with van der Waals surface area (Å²) in [5, 5.41) is 14.2. The number of hydrogen-bond donors (Lipinski definition) is 2. The molecule has 2 aromatic heterocycles. The number of urea groups is 1. The van der Waals surface area contributed by atoms with Crippen molar-refractivity contribution in [1.29, 1.82) is 0 Å². The quantitative estimate of drug-likeness (QED) is 0.888. The van der Waals surface area contributed by atoms with E-state index in [0.29, 0.717) is 18.5 Å². The fourth-order valence-corrected chi connectivity index (χ4v) is 3.53. The molecule has 2 amide bonds. The average molecular weight is 330 g/mol. The topological polar surface area (TPSA) is 103 Å². The van der Waals surface area contributed by atoms with Gasteiger partial charge in [0.05, 0.1) is 18.6 Å². The number of nitrogens with zero attached hydrogens (tertiary/aromatic N) is 6. The first kappa shape index (κ1) is 15.1. The predicted octanol–water partition coefficient (Wildman–Crippen LogP) is 1.51. The Morgan fingerprint density at radius 3 is 2.92 bits per heavy atom.